The van der Waals surface area contributed by atoms with Crippen LogP contribution in [0.1, 0.15) is 24.8 Å². The summed E-state index contributed by atoms with van der Waals surface area (Å²) in [7, 11) is 0. The number of ether oxygens (including phenoxy) is 1. The van der Waals surface area contributed by atoms with Crippen molar-refractivity contribution in [3.05, 3.63) is 63.9 Å². The first-order valence-corrected chi connectivity index (χ1v) is 8.89. The van der Waals surface area contributed by atoms with E-state index in [-0.39, 0.29) is 42.2 Å². The molecule has 0 aliphatic rings. The van der Waals surface area contributed by atoms with E-state index in [1.807, 2.05) is 6.92 Å². The largest absolute Gasteiger partial charge is 0.489 e. The molecule has 0 bridgehead atoms. The Morgan fingerprint density at radius 1 is 1.23 bits per heavy atom. The molecule has 0 aliphatic carbocycles. The van der Waals surface area contributed by atoms with Crippen LogP contribution in [0.4, 0.5) is 4.39 Å². The van der Waals surface area contributed by atoms with Crippen molar-refractivity contribution in [1.29, 1.82) is 0 Å². The van der Waals surface area contributed by atoms with E-state index in [0.29, 0.717) is 10.8 Å². The molecule has 2 rings (SSSR count). The van der Waals surface area contributed by atoms with Gasteiger partial charge in [0, 0.05) is 13.0 Å². The molecule has 7 heteroatoms. The Morgan fingerprint density at radius 2 is 1.92 bits per heavy atom. The number of halogens is 3. The van der Waals surface area contributed by atoms with E-state index in [1.165, 1.54) is 12.1 Å². The van der Waals surface area contributed by atoms with Crippen LogP contribution in [0, 0.1) is 5.82 Å². The normalized spacial score (nSPS) is 13.1. The SMILES string of the molecule is CC(CC(=O)NCC(O)COc1cccc(Cl)c1Cl)c1ccc(F)cc1. The average Bonchev–Trinajstić information content (AvgIpc) is 2.61. The lowest BCUT2D eigenvalue weighted by molar-refractivity contribution is -0.121. The lowest BCUT2D eigenvalue weighted by Gasteiger charge is -2.16. The van der Waals surface area contributed by atoms with Gasteiger partial charge in [0.05, 0.1) is 5.02 Å². The van der Waals surface area contributed by atoms with Crippen molar-refractivity contribution in [2.45, 2.75) is 25.4 Å². The van der Waals surface area contributed by atoms with Crippen molar-refractivity contribution in [2.24, 2.45) is 0 Å². The van der Waals surface area contributed by atoms with E-state index in [2.05, 4.69) is 5.32 Å². The van der Waals surface area contributed by atoms with Gasteiger partial charge in [0.2, 0.25) is 5.91 Å². The molecule has 2 aromatic rings. The van der Waals surface area contributed by atoms with Crippen molar-refractivity contribution in [1.82, 2.24) is 5.32 Å². The summed E-state index contributed by atoms with van der Waals surface area (Å²) < 4.78 is 18.4. The molecule has 26 heavy (non-hydrogen) atoms. The van der Waals surface area contributed by atoms with E-state index < -0.39 is 6.10 Å². The van der Waals surface area contributed by atoms with E-state index in [1.54, 1.807) is 30.3 Å². The highest BCUT2D eigenvalue weighted by atomic mass is 35.5. The van der Waals surface area contributed by atoms with Gasteiger partial charge in [0.25, 0.3) is 0 Å². The van der Waals surface area contributed by atoms with Crippen molar-refractivity contribution >= 4 is 29.1 Å². The fraction of sp³-hybridized carbons (Fsp3) is 0.316. The summed E-state index contributed by atoms with van der Waals surface area (Å²) in [6.45, 7) is 1.90. The molecule has 1 amide bonds. The minimum absolute atomic E-state index is 0.0339. The van der Waals surface area contributed by atoms with Crippen LogP contribution in [-0.2, 0) is 4.79 Å². The van der Waals surface area contributed by atoms with E-state index in [0.717, 1.165) is 5.56 Å². The average molecular weight is 400 g/mol. The van der Waals surface area contributed by atoms with Gasteiger partial charge in [-0.25, -0.2) is 4.39 Å². The molecular formula is C19H20Cl2FNO3. The maximum Gasteiger partial charge on any atom is 0.220 e. The Hall–Kier alpha value is -1.82. The molecule has 2 unspecified atom stereocenters. The maximum absolute atomic E-state index is 12.9. The zero-order chi connectivity index (χ0) is 19.1. The predicted octanol–water partition coefficient (Wildman–Crippen LogP) is 4.18. The first-order valence-electron chi connectivity index (χ1n) is 8.14. The fourth-order valence-electron chi connectivity index (χ4n) is 2.33. The number of aliphatic hydroxyl groups is 1. The summed E-state index contributed by atoms with van der Waals surface area (Å²) in [5.74, 6) is -0.210. The van der Waals surface area contributed by atoms with Crippen LogP contribution < -0.4 is 10.1 Å². The summed E-state index contributed by atoms with van der Waals surface area (Å²) >= 11 is 11.9. The molecule has 2 aromatic carbocycles. The predicted molar refractivity (Wildman–Crippen MR) is 100 cm³/mol. The van der Waals surface area contributed by atoms with E-state index >= 15 is 0 Å². The van der Waals surface area contributed by atoms with Gasteiger partial charge in [0.1, 0.15) is 29.3 Å². The van der Waals surface area contributed by atoms with Crippen LogP contribution >= 0.6 is 23.2 Å². The Balaban J connectivity index is 1.74. The molecular weight excluding hydrogens is 380 g/mol. The van der Waals surface area contributed by atoms with Crippen LogP contribution in [0.15, 0.2) is 42.5 Å². The van der Waals surface area contributed by atoms with Gasteiger partial charge in [-0.1, -0.05) is 48.3 Å². The smallest absolute Gasteiger partial charge is 0.220 e. The lowest BCUT2D eigenvalue weighted by atomic mass is 9.97. The minimum atomic E-state index is -0.893. The second kappa shape index (κ2) is 9.76. The summed E-state index contributed by atoms with van der Waals surface area (Å²) in [6, 6.07) is 11.0. The number of amides is 1. The highest BCUT2D eigenvalue weighted by molar-refractivity contribution is 6.42. The molecule has 0 aliphatic heterocycles. The number of benzene rings is 2. The second-order valence-corrected chi connectivity index (χ2v) is 6.76. The molecule has 0 spiro atoms. The monoisotopic (exact) mass is 399 g/mol. The summed E-state index contributed by atoms with van der Waals surface area (Å²) in [5, 5.41) is 13.2. The van der Waals surface area contributed by atoms with Gasteiger partial charge >= 0.3 is 0 Å². The molecule has 0 saturated carbocycles. The number of rotatable bonds is 8. The molecule has 2 N–H and O–H groups in total. The first kappa shape index (κ1) is 20.5. The third-order valence-electron chi connectivity index (χ3n) is 3.81. The van der Waals surface area contributed by atoms with Crippen molar-refractivity contribution in [3.8, 4) is 5.75 Å². The number of carbonyl (C=O) groups excluding carboxylic acids is 1. The van der Waals surface area contributed by atoms with Crippen LogP contribution in [0.3, 0.4) is 0 Å². The molecule has 0 radical (unpaired) electrons. The van der Waals surface area contributed by atoms with Crippen molar-refractivity contribution in [2.75, 3.05) is 13.2 Å². The standard InChI is InChI=1S/C19H20Cl2FNO3/c1-12(13-5-7-14(22)8-6-13)9-18(25)23-10-15(24)11-26-17-4-2-3-16(20)19(17)21/h2-8,12,15,24H,9-11H2,1H3,(H,23,25). The van der Waals surface area contributed by atoms with Crippen molar-refractivity contribution < 1.29 is 19.0 Å². The minimum Gasteiger partial charge on any atom is -0.489 e. The summed E-state index contributed by atoms with van der Waals surface area (Å²) in [6.07, 6.45) is -0.658. The number of hydrogen-bond acceptors (Lipinski definition) is 3. The van der Waals surface area contributed by atoms with Gasteiger partial charge in [-0.3, -0.25) is 4.79 Å². The molecule has 4 nitrogen and oxygen atoms in total. The summed E-state index contributed by atoms with van der Waals surface area (Å²) in [5.41, 5.74) is 0.876. The highest BCUT2D eigenvalue weighted by Gasteiger charge is 2.14. The fourth-order valence-corrected chi connectivity index (χ4v) is 2.68. The Morgan fingerprint density at radius 3 is 2.62 bits per heavy atom. The Bertz CT molecular complexity index is 740. The Kier molecular flexibility index (Phi) is 7.69. The van der Waals surface area contributed by atoms with E-state index in [9.17, 15) is 14.3 Å². The Labute approximate surface area is 161 Å². The third-order valence-corrected chi connectivity index (χ3v) is 4.61. The van der Waals surface area contributed by atoms with Crippen LogP contribution in [0.25, 0.3) is 0 Å². The summed E-state index contributed by atoms with van der Waals surface area (Å²) in [4.78, 5) is 12.0. The molecule has 140 valence electrons. The third kappa shape index (κ3) is 6.16. The molecule has 2 atom stereocenters. The van der Waals surface area contributed by atoms with Gasteiger partial charge in [-0.2, -0.15) is 0 Å². The maximum atomic E-state index is 12.9. The molecule has 0 fully saturated rings. The molecule has 0 saturated heterocycles. The van der Waals surface area contributed by atoms with Gasteiger partial charge in [0.15, 0.2) is 0 Å². The van der Waals surface area contributed by atoms with Crippen LogP contribution in [-0.4, -0.2) is 30.3 Å². The molecule has 0 aromatic heterocycles. The first-order chi connectivity index (χ1) is 12.4. The van der Waals surface area contributed by atoms with Crippen molar-refractivity contribution in [3.63, 3.8) is 0 Å². The zero-order valence-corrected chi connectivity index (χ0v) is 15.7. The number of nitrogens with one attached hydrogen (secondary N) is 1. The van der Waals surface area contributed by atoms with E-state index in [4.69, 9.17) is 27.9 Å². The van der Waals surface area contributed by atoms with Gasteiger partial charge in [-0.05, 0) is 35.7 Å². The zero-order valence-electron chi connectivity index (χ0n) is 14.2. The number of hydrogen-bond donors (Lipinski definition) is 2. The number of carbonyl (C=O) groups is 1. The van der Waals surface area contributed by atoms with Gasteiger partial charge in [-0.15, -0.1) is 0 Å². The van der Waals surface area contributed by atoms with Crippen LogP contribution in [0.5, 0.6) is 5.75 Å². The van der Waals surface area contributed by atoms with Gasteiger partial charge < -0.3 is 15.2 Å². The lowest BCUT2D eigenvalue weighted by Crippen LogP contribution is -2.35. The topological polar surface area (TPSA) is 58.6 Å². The quantitative estimate of drug-likeness (QED) is 0.699. The highest BCUT2D eigenvalue weighted by Crippen LogP contribution is 2.31. The number of aliphatic hydroxyl groups excluding tert-OH is 1. The second-order valence-electron chi connectivity index (χ2n) is 5.98. The van der Waals surface area contributed by atoms with Crippen LogP contribution in [0.2, 0.25) is 10.0 Å². The molecule has 0 heterocycles.